The van der Waals surface area contributed by atoms with Gasteiger partial charge in [-0.25, -0.2) is 0 Å². The number of hydrogen-bond donors (Lipinski definition) is 0. The van der Waals surface area contributed by atoms with Gasteiger partial charge in [-0.2, -0.15) is 0 Å². The molecule has 0 aliphatic heterocycles. The number of rotatable bonds is 8. The SMILES string of the molecule is C=C(C)[CH2][Sn]([O]C(C)(C(F)(F)F)C(F)(F)F)([O]C(C)(C(F)(F)F)C(F)(F)F)[O]C(C)(C(F)(F)F)C(F)(F)F. The first-order valence-electron chi connectivity index (χ1n) is 9.19. The fraction of sp³-hybridized carbons (Fsp3) is 0.875. The van der Waals surface area contributed by atoms with E-state index < -0.39 is 104 Å². The molecule has 0 N–H and O–H groups in total. The first-order valence-corrected chi connectivity index (χ1v) is 14.7. The minimum absolute atomic E-state index is 0.414. The fourth-order valence-corrected chi connectivity index (χ4v) is 12.7. The van der Waals surface area contributed by atoms with Gasteiger partial charge in [0.05, 0.1) is 0 Å². The van der Waals surface area contributed by atoms with Crippen molar-refractivity contribution in [1.82, 2.24) is 0 Å². The summed E-state index contributed by atoms with van der Waals surface area (Å²) < 4.78 is 250. The molecular weight excluding hydrogens is 701 g/mol. The Morgan fingerprint density at radius 3 is 0.737 bits per heavy atom. The molecule has 0 rings (SSSR count). The Bertz CT molecular complexity index is 705. The van der Waals surface area contributed by atoms with Gasteiger partial charge in [0, 0.05) is 0 Å². The van der Waals surface area contributed by atoms with Crippen LogP contribution >= 0.6 is 0 Å². The zero-order chi connectivity index (χ0) is 31.4. The van der Waals surface area contributed by atoms with Gasteiger partial charge in [-0.05, 0) is 0 Å². The molecule has 0 aromatic rings. The third-order valence-electron chi connectivity index (χ3n) is 4.84. The Morgan fingerprint density at radius 1 is 0.474 bits per heavy atom. The van der Waals surface area contributed by atoms with Gasteiger partial charge in [-0.3, -0.25) is 0 Å². The molecule has 0 aromatic carbocycles. The summed E-state index contributed by atoms with van der Waals surface area (Å²) in [6, 6.07) is 0. The Hall–Kier alpha value is -0.841. The zero-order valence-corrected chi connectivity index (χ0v) is 21.8. The van der Waals surface area contributed by atoms with Crippen molar-refractivity contribution in [1.29, 1.82) is 0 Å². The third kappa shape index (κ3) is 7.07. The molecule has 0 aliphatic carbocycles. The van der Waals surface area contributed by atoms with Gasteiger partial charge in [0.1, 0.15) is 0 Å². The Morgan fingerprint density at radius 2 is 0.632 bits per heavy atom. The summed E-state index contributed by atoms with van der Waals surface area (Å²) in [5, 5.41) is 0. The van der Waals surface area contributed by atoms with Crippen LogP contribution in [-0.4, -0.2) is 73.5 Å². The molecule has 0 atom stereocenters. The third-order valence-corrected chi connectivity index (χ3v) is 14.0. The summed E-state index contributed by atoms with van der Waals surface area (Å²) in [4.78, 5) is 0. The summed E-state index contributed by atoms with van der Waals surface area (Å²) in [7, 11) is 0. The van der Waals surface area contributed by atoms with Gasteiger partial charge in [0.2, 0.25) is 0 Å². The number of hydrogen-bond acceptors (Lipinski definition) is 3. The first kappa shape index (κ1) is 37.2. The molecule has 228 valence electrons. The predicted octanol–water partition coefficient (Wildman–Crippen LogP) is 8.20. The quantitative estimate of drug-likeness (QED) is 0.144. The molecule has 0 unspecified atom stereocenters. The van der Waals surface area contributed by atoms with Crippen molar-refractivity contribution in [3.8, 4) is 0 Å². The van der Waals surface area contributed by atoms with E-state index in [4.69, 9.17) is 0 Å². The molecule has 22 heteroatoms. The predicted molar refractivity (Wildman–Crippen MR) is 90.2 cm³/mol. The van der Waals surface area contributed by atoms with E-state index in [-0.39, 0.29) is 0 Å². The maximum absolute atomic E-state index is 13.4. The summed E-state index contributed by atoms with van der Waals surface area (Å²) in [6.07, 6.45) is -41.4. The van der Waals surface area contributed by atoms with Crippen LogP contribution in [0.4, 0.5) is 79.0 Å². The maximum atomic E-state index is 13.4. The molecule has 0 radical (unpaired) electrons. The Kier molecular flexibility index (Phi) is 9.99. The molecule has 0 heterocycles. The molecule has 0 spiro atoms. The second-order valence-corrected chi connectivity index (χ2v) is 14.9. The first-order chi connectivity index (χ1) is 16.0. The second kappa shape index (κ2) is 10.2. The van der Waals surface area contributed by atoms with Gasteiger partial charge < -0.3 is 0 Å². The molecule has 0 saturated carbocycles. The average molecular weight is 717 g/mol. The zero-order valence-electron chi connectivity index (χ0n) is 18.9. The van der Waals surface area contributed by atoms with Gasteiger partial charge in [0.15, 0.2) is 0 Å². The van der Waals surface area contributed by atoms with Gasteiger partial charge in [-0.15, -0.1) is 0 Å². The van der Waals surface area contributed by atoms with Crippen LogP contribution in [-0.2, 0) is 9.22 Å². The van der Waals surface area contributed by atoms with Crippen LogP contribution in [0.3, 0.4) is 0 Å². The van der Waals surface area contributed by atoms with Crippen molar-refractivity contribution in [2.24, 2.45) is 0 Å². The molecule has 0 bridgehead atoms. The number of allylic oxidation sites excluding steroid dienone is 1. The molecule has 0 aromatic heterocycles. The molecular formula is C16H16F18O3Sn. The normalized spacial score (nSPS) is 16.2. The van der Waals surface area contributed by atoms with Crippen molar-refractivity contribution in [3.63, 3.8) is 0 Å². The Labute approximate surface area is 206 Å². The summed E-state index contributed by atoms with van der Waals surface area (Å²) >= 11 is -8.94. The fourth-order valence-electron chi connectivity index (χ4n) is 2.30. The van der Waals surface area contributed by atoms with Crippen LogP contribution in [0.5, 0.6) is 0 Å². The summed E-state index contributed by atoms with van der Waals surface area (Å²) in [5.74, 6) is 0. The van der Waals surface area contributed by atoms with Crippen LogP contribution < -0.4 is 0 Å². The van der Waals surface area contributed by atoms with E-state index in [0.29, 0.717) is 6.92 Å². The van der Waals surface area contributed by atoms with Crippen LogP contribution in [0.2, 0.25) is 4.44 Å². The molecule has 0 saturated heterocycles. The molecule has 0 amide bonds. The molecule has 38 heavy (non-hydrogen) atoms. The van der Waals surface area contributed by atoms with E-state index in [9.17, 15) is 79.0 Å². The van der Waals surface area contributed by atoms with Gasteiger partial charge in [-0.1, -0.05) is 0 Å². The summed E-state index contributed by atoms with van der Waals surface area (Å²) in [5.41, 5.74) is -19.1. The minimum atomic E-state index is -8.94. The van der Waals surface area contributed by atoms with Crippen molar-refractivity contribution in [2.75, 3.05) is 0 Å². The molecule has 0 aliphatic rings. The van der Waals surface area contributed by atoms with Crippen LogP contribution in [0.15, 0.2) is 12.2 Å². The van der Waals surface area contributed by atoms with Crippen molar-refractivity contribution < 1.29 is 88.2 Å². The van der Waals surface area contributed by atoms with Crippen molar-refractivity contribution in [3.05, 3.63) is 12.2 Å². The van der Waals surface area contributed by atoms with E-state index in [1.807, 2.05) is 0 Å². The number of alkyl halides is 18. The van der Waals surface area contributed by atoms with Crippen molar-refractivity contribution >= 4 is 19.6 Å². The van der Waals surface area contributed by atoms with E-state index in [1.165, 1.54) is 0 Å². The molecule has 3 nitrogen and oxygen atoms in total. The number of halogens is 18. The van der Waals surface area contributed by atoms with Crippen LogP contribution in [0.1, 0.15) is 27.7 Å². The van der Waals surface area contributed by atoms with Gasteiger partial charge in [0.25, 0.3) is 0 Å². The van der Waals surface area contributed by atoms with Crippen LogP contribution in [0, 0.1) is 0 Å². The van der Waals surface area contributed by atoms with E-state index in [1.54, 1.807) is 0 Å². The summed E-state index contributed by atoms with van der Waals surface area (Å²) in [6.45, 7) is -0.147. The monoisotopic (exact) mass is 718 g/mol. The topological polar surface area (TPSA) is 27.7 Å². The molecule has 0 fully saturated rings. The van der Waals surface area contributed by atoms with Gasteiger partial charge >= 0.3 is 206 Å². The van der Waals surface area contributed by atoms with E-state index >= 15 is 0 Å². The Balaban J connectivity index is 7.96. The standard InChI is InChI=1S/3C4H3F6O.C4H7.Sn/c3*1-2(11,3(5,6)7)4(8,9)10;1-4(2)3;/h3*1H3;1-2H2,3H3;/q3*-1;;+3. The van der Waals surface area contributed by atoms with E-state index in [0.717, 1.165) is 0 Å². The van der Waals surface area contributed by atoms with E-state index in [2.05, 4.69) is 15.8 Å². The second-order valence-electron chi connectivity index (χ2n) is 8.21. The van der Waals surface area contributed by atoms with Crippen molar-refractivity contribution in [2.45, 2.75) is 86.0 Å². The van der Waals surface area contributed by atoms with Crippen LogP contribution in [0.25, 0.3) is 0 Å². The average Bonchev–Trinajstić information content (AvgIpc) is 2.54.